The average Bonchev–Trinajstić information content (AvgIpc) is 3.16. The molecule has 2 aromatic carbocycles. The van der Waals surface area contributed by atoms with E-state index >= 15 is 0 Å². The van der Waals surface area contributed by atoms with Gasteiger partial charge in [0.1, 0.15) is 11.5 Å². The second-order valence-electron chi connectivity index (χ2n) is 5.98. The number of rotatable bonds is 7. The molecule has 1 amide bonds. The van der Waals surface area contributed by atoms with Gasteiger partial charge in [0.2, 0.25) is 5.91 Å². The molecule has 0 atom stereocenters. The van der Waals surface area contributed by atoms with Crippen molar-refractivity contribution in [1.82, 2.24) is 5.43 Å². The maximum Gasteiger partial charge on any atom is 0.273 e. The number of halogens is 1. The molecule has 0 saturated heterocycles. The summed E-state index contributed by atoms with van der Waals surface area (Å²) >= 11 is 3.28. The van der Waals surface area contributed by atoms with Gasteiger partial charge in [0, 0.05) is 33.8 Å². The molecule has 0 aliphatic rings. The number of benzene rings is 2. The molecule has 0 radical (unpaired) electrons. The standard InChI is InChI=1S/C19H13BrN4O6/c20-16-10-13(23(26)27)5-7-15(16)18-8-6-14(30-18)11-21-22-19(25)9-12-3-1-2-4-17(12)24(28)29/h1-8,10-11H,9H2,(H,22,25). The Morgan fingerprint density at radius 3 is 2.57 bits per heavy atom. The number of hydrogen-bond donors (Lipinski definition) is 1. The van der Waals surface area contributed by atoms with Crippen molar-refractivity contribution in [2.75, 3.05) is 0 Å². The maximum absolute atomic E-state index is 12.0. The number of para-hydroxylation sites is 1. The zero-order valence-electron chi connectivity index (χ0n) is 15.1. The van der Waals surface area contributed by atoms with Gasteiger partial charge in [0.05, 0.1) is 22.5 Å². The number of carbonyl (C=O) groups is 1. The van der Waals surface area contributed by atoms with Crippen molar-refractivity contribution in [1.29, 1.82) is 0 Å². The highest BCUT2D eigenvalue weighted by atomic mass is 79.9. The van der Waals surface area contributed by atoms with E-state index in [1.54, 1.807) is 24.3 Å². The summed E-state index contributed by atoms with van der Waals surface area (Å²) in [5.41, 5.74) is 2.98. The highest BCUT2D eigenvalue weighted by Gasteiger charge is 2.15. The van der Waals surface area contributed by atoms with Gasteiger partial charge in [0.25, 0.3) is 11.4 Å². The minimum absolute atomic E-state index is 0.0552. The van der Waals surface area contributed by atoms with Crippen LogP contribution in [0.1, 0.15) is 11.3 Å². The Hall–Kier alpha value is -3.86. The predicted octanol–water partition coefficient (Wildman–Crippen LogP) is 4.22. The molecule has 30 heavy (non-hydrogen) atoms. The highest BCUT2D eigenvalue weighted by Crippen LogP contribution is 2.32. The van der Waals surface area contributed by atoms with Gasteiger partial charge in [-0.25, -0.2) is 5.43 Å². The smallest absolute Gasteiger partial charge is 0.273 e. The van der Waals surface area contributed by atoms with E-state index in [1.807, 2.05) is 0 Å². The first-order valence-electron chi connectivity index (χ1n) is 8.43. The Morgan fingerprint density at radius 1 is 1.10 bits per heavy atom. The normalized spacial score (nSPS) is 10.8. The van der Waals surface area contributed by atoms with Crippen molar-refractivity contribution in [3.63, 3.8) is 0 Å². The summed E-state index contributed by atoms with van der Waals surface area (Å²) in [6, 6.07) is 13.5. The molecule has 0 bridgehead atoms. The van der Waals surface area contributed by atoms with Gasteiger partial charge in [-0.1, -0.05) is 18.2 Å². The van der Waals surface area contributed by atoms with Gasteiger partial charge < -0.3 is 4.42 Å². The molecular formula is C19H13BrN4O6. The molecule has 0 aliphatic heterocycles. The molecule has 1 heterocycles. The summed E-state index contributed by atoms with van der Waals surface area (Å²) in [6.07, 6.45) is 1.08. The van der Waals surface area contributed by atoms with Crippen molar-refractivity contribution in [3.8, 4) is 11.3 Å². The molecule has 0 spiro atoms. The third kappa shape index (κ3) is 4.94. The van der Waals surface area contributed by atoms with E-state index in [2.05, 4.69) is 26.5 Å². The van der Waals surface area contributed by atoms with Crippen molar-refractivity contribution < 1.29 is 19.1 Å². The fourth-order valence-corrected chi connectivity index (χ4v) is 3.17. The van der Waals surface area contributed by atoms with Crippen LogP contribution >= 0.6 is 15.9 Å². The molecular weight excluding hydrogens is 460 g/mol. The first-order chi connectivity index (χ1) is 14.3. The van der Waals surface area contributed by atoms with E-state index in [0.29, 0.717) is 21.6 Å². The third-order valence-electron chi connectivity index (χ3n) is 3.98. The number of furan rings is 1. The quantitative estimate of drug-likeness (QED) is 0.310. The van der Waals surface area contributed by atoms with Crippen LogP contribution < -0.4 is 5.43 Å². The second kappa shape index (κ2) is 9.09. The summed E-state index contributed by atoms with van der Waals surface area (Å²) < 4.78 is 6.10. The van der Waals surface area contributed by atoms with Crippen LogP contribution in [0.3, 0.4) is 0 Å². The van der Waals surface area contributed by atoms with E-state index in [0.717, 1.165) is 0 Å². The number of hydrazone groups is 1. The lowest BCUT2D eigenvalue weighted by Gasteiger charge is -2.02. The molecule has 152 valence electrons. The van der Waals surface area contributed by atoms with Crippen LogP contribution in [-0.4, -0.2) is 22.0 Å². The van der Waals surface area contributed by atoms with Crippen LogP contribution in [0, 0.1) is 20.2 Å². The fourth-order valence-electron chi connectivity index (χ4n) is 2.60. The van der Waals surface area contributed by atoms with Crippen molar-refractivity contribution in [2.24, 2.45) is 5.10 Å². The SMILES string of the molecule is O=C(Cc1ccccc1[N+](=O)[O-])NN=Cc1ccc(-c2ccc([N+](=O)[O-])cc2Br)o1. The van der Waals surface area contributed by atoms with Crippen LogP contribution in [0.4, 0.5) is 11.4 Å². The highest BCUT2D eigenvalue weighted by molar-refractivity contribution is 9.10. The first kappa shape index (κ1) is 20.9. The van der Waals surface area contributed by atoms with Crippen LogP contribution in [0.25, 0.3) is 11.3 Å². The maximum atomic E-state index is 12.0. The van der Waals surface area contributed by atoms with Crippen LogP contribution in [0.2, 0.25) is 0 Å². The number of nitrogens with zero attached hydrogens (tertiary/aromatic N) is 3. The Labute approximate surface area is 177 Å². The Kier molecular flexibility index (Phi) is 6.32. The van der Waals surface area contributed by atoms with Gasteiger partial charge in [-0.05, 0) is 34.1 Å². The van der Waals surface area contributed by atoms with Crippen LogP contribution in [0.15, 0.2) is 68.6 Å². The lowest BCUT2D eigenvalue weighted by Crippen LogP contribution is -2.20. The molecule has 3 aromatic rings. The van der Waals surface area contributed by atoms with E-state index in [9.17, 15) is 25.0 Å². The van der Waals surface area contributed by atoms with Gasteiger partial charge in [-0.2, -0.15) is 5.10 Å². The monoisotopic (exact) mass is 472 g/mol. The molecule has 1 N–H and O–H groups in total. The molecule has 1 aromatic heterocycles. The van der Waals surface area contributed by atoms with Crippen molar-refractivity contribution >= 4 is 39.4 Å². The number of nitro groups is 2. The van der Waals surface area contributed by atoms with Gasteiger partial charge in [-0.3, -0.25) is 25.0 Å². The Bertz CT molecular complexity index is 1160. The van der Waals surface area contributed by atoms with Crippen LogP contribution in [0.5, 0.6) is 0 Å². The number of non-ortho nitro benzene ring substituents is 1. The summed E-state index contributed by atoms with van der Waals surface area (Å²) in [7, 11) is 0. The molecule has 0 fully saturated rings. The number of carbonyl (C=O) groups excluding carboxylic acids is 1. The Balaban J connectivity index is 1.64. The second-order valence-corrected chi connectivity index (χ2v) is 6.83. The molecule has 0 saturated carbocycles. The molecule has 10 nitrogen and oxygen atoms in total. The van der Waals surface area contributed by atoms with E-state index in [4.69, 9.17) is 4.42 Å². The van der Waals surface area contributed by atoms with Gasteiger partial charge in [-0.15, -0.1) is 0 Å². The lowest BCUT2D eigenvalue weighted by molar-refractivity contribution is -0.385. The van der Waals surface area contributed by atoms with Gasteiger partial charge in [0.15, 0.2) is 0 Å². The van der Waals surface area contributed by atoms with Crippen molar-refractivity contribution in [3.05, 3.63) is 90.6 Å². The van der Waals surface area contributed by atoms with Gasteiger partial charge >= 0.3 is 0 Å². The fraction of sp³-hybridized carbons (Fsp3) is 0.0526. The summed E-state index contributed by atoms with van der Waals surface area (Å²) in [6.45, 7) is 0. The summed E-state index contributed by atoms with van der Waals surface area (Å²) in [5.74, 6) is 0.260. The zero-order chi connectivity index (χ0) is 21.7. The Morgan fingerprint density at radius 2 is 1.87 bits per heavy atom. The third-order valence-corrected chi connectivity index (χ3v) is 4.63. The molecule has 3 rings (SSSR count). The van der Waals surface area contributed by atoms with E-state index < -0.39 is 15.8 Å². The average molecular weight is 473 g/mol. The number of amides is 1. The largest absolute Gasteiger partial charge is 0.455 e. The minimum Gasteiger partial charge on any atom is -0.455 e. The number of nitrogens with one attached hydrogen (secondary N) is 1. The molecule has 11 heteroatoms. The molecule has 0 aliphatic carbocycles. The predicted molar refractivity (Wildman–Crippen MR) is 111 cm³/mol. The zero-order valence-corrected chi connectivity index (χ0v) is 16.7. The summed E-state index contributed by atoms with van der Waals surface area (Å²) in [4.78, 5) is 32.8. The first-order valence-corrected chi connectivity index (χ1v) is 9.23. The summed E-state index contributed by atoms with van der Waals surface area (Å²) in [5, 5.41) is 25.6. The molecule has 0 unspecified atom stereocenters. The van der Waals surface area contributed by atoms with Crippen molar-refractivity contribution in [2.45, 2.75) is 6.42 Å². The van der Waals surface area contributed by atoms with E-state index in [-0.39, 0.29) is 23.4 Å². The lowest BCUT2D eigenvalue weighted by atomic mass is 10.1. The number of nitro benzene ring substituents is 2. The van der Waals surface area contributed by atoms with Crippen LogP contribution in [-0.2, 0) is 11.2 Å². The van der Waals surface area contributed by atoms with E-state index in [1.165, 1.54) is 36.5 Å². The number of hydrogen-bond acceptors (Lipinski definition) is 7. The topological polar surface area (TPSA) is 141 Å². The minimum atomic E-state index is -0.549.